The number of hydrogen-bond acceptors (Lipinski definition) is 4. The van der Waals surface area contributed by atoms with Crippen LogP contribution < -0.4 is 0 Å². The lowest BCUT2D eigenvalue weighted by Gasteiger charge is -2.16. The SMILES string of the molecule is Cc1nc(CC(=O)N(C)Cc2ccc(C#N)cc2)cs1. The van der Waals surface area contributed by atoms with E-state index in [9.17, 15) is 4.79 Å². The van der Waals surface area contributed by atoms with Gasteiger partial charge in [0.05, 0.1) is 28.8 Å². The maximum Gasteiger partial charge on any atom is 0.228 e. The van der Waals surface area contributed by atoms with Crippen molar-refractivity contribution >= 4 is 17.2 Å². The van der Waals surface area contributed by atoms with Crippen LogP contribution >= 0.6 is 11.3 Å². The van der Waals surface area contributed by atoms with Crippen LogP contribution in [0.25, 0.3) is 0 Å². The lowest BCUT2D eigenvalue weighted by atomic mass is 10.1. The molecule has 0 saturated heterocycles. The quantitative estimate of drug-likeness (QED) is 0.867. The molecule has 102 valence electrons. The van der Waals surface area contributed by atoms with E-state index in [1.165, 1.54) is 0 Å². The topological polar surface area (TPSA) is 57.0 Å². The van der Waals surface area contributed by atoms with Crippen molar-refractivity contribution in [3.05, 3.63) is 51.5 Å². The van der Waals surface area contributed by atoms with E-state index < -0.39 is 0 Å². The van der Waals surface area contributed by atoms with Crippen molar-refractivity contribution in [2.24, 2.45) is 0 Å². The van der Waals surface area contributed by atoms with Gasteiger partial charge in [-0.05, 0) is 24.6 Å². The number of thiazole rings is 1. The minimum atomic E-state index is 0.0414. The summed E-state index contributed by atoms with van der Waals surface area (Å²) < 4.78 is 0. The van der Waals surface area contributed by atoms with Gasteiger partial charge in [0.15, 0.2) is 0 Å². The molecule has 2 rings (SSSR count). The van der Waals surface area contributed by atoms with E-state index in [1.807, 2.05) is 24.4 Å². The number of nitrogens with zero attached hydrogens (tertiary/aromatic N) is 3. The molecule has 0 aliphatic heterocycles. The average Bonchev–Trinajstić information content (AvgIpc) is 2.85. The zero-order valence-electron chi connectivity index (χ0n) is 11.5. The molecule has 0 atom stereocenters. The third kappa shape index (κ3) is 3.65. The molecule has 0 aliphatic rings. The molecule has 20 heavy (non-hydrogen) atoms. The molecule has 1 aromatic heterocycles. The zero-order chi connectivity index (χ0) is 14.5. The van der Waals surface area contributed by atoms with E-state index in [-0.39, 0.29) is 5.91 Å². The summed E-state index contributed by atoms with van der Waals surface area (Å²) in [5.74, 6) is 0.0414. The highest BCUT2D eigenvalue weighted by Crippen LogP contribution is 2.11. The fraction of sp³-hybridized carbons (Fsp3) is 0.267. The summed E-state index contributed by atoms with van der Waals surface area (Å²) in [6.07, 6.45) is 0.330. The highest BCUT2D eigenvalue weighted by Gasteiger charge is 2.12. The minimum absolute atomic E-state index is 0.0414. The summed E-state index contributed by atoms with van der Waals surface area (Å²) in [5, 5.41) is 11.6. The highest BCUT2D eigenvalue weighted by atomic mass is 32.1. The van der Waals surface area contributed by atoms with E-state index >= 15 is 0 Å². The van der Waals surface area contributed by atoms with Gasteiger partial charge in [-0.25, -0.2) is 4.98 Å². The van der Waals surface area contributed by atoms with Crippen LogP contribution in [0.2, 0.25) is 0 Å². The number of rotatable bonds is 4. The minimum Gasteiger partial charge on any atom is -0.341 e. The molecule has 0 saturated carbocycles. The summed E-state index contributed by atoms with van der Waals surface area (Å²) in [7, 11) is 1.78. The number of hydrogen-bond donors (Lipinski definition) is 0. The Hall–Kier alpha value is -2.19. The van der Waals surface area contributed by atoms with Crippen LogP contribution in [0.15, 0.2) is 29.6 Å². The summed E-state index contributed by atoms with van der Waals surface area (Å²) in [6.45, 7) is 2.47. The molecule has 0 unspecified atom stereocenters. The molecule has 1 heterocycles. The van der Waals surface area contributed by atoms with Crippen LogP contribution in [0, 0.1) is 18.3 Å². The molecular weight excluding hydrogens is 270 g/mol. The molecule has 2 aromatic rings. The molecule has 4 nitrogen and oxygen atoms in total. The first-order valence-electron chi connectivity index (χ1n) is 6.22. The van der Waals surface area contributed by atoms with Gasteiger partial charge < -0.3 is 4.90 Å². The van der Waals surface area contributed by atoms with E-state index in [4.69, 9.17) is 5.26 Å². The van der Waals surface area contributed by atoms with Crippen LogP contribution in [-0.4, -0.2) is 22.8 Å². The first-order chi connectivity index (χ1) is 9.58. The zero-order valence-corrected chi connectivity index (χ0v) is 12.3. The smallest absolute Gasteiger partial charge is 0.228 e. The Balaban J connectivity index is 1.95. The Morgan fingerprint density at radius 1 is 1.40 bits per heavy atom. The maximum atomic E-state index is 12.1. The number of likely N-dealkylation sites (N-methyl/N-ethyl adjacent to an activating group) is 1. The van der Waals surface area contributed by atoms with Gasteiger partial charge in [-0.15, -0.1) is 11.3 Å². The largest absolute Gasteiger partial charge is 0.341 e. The van der Waals surface area contributed by atoms with Crippen LogP contribution in [-0.2, 0) is 17.8 Å². The highest BCUT2D eigenvalue weighted by molar-refractivity contribution is 7.09. The van der Waals surface area contributed by atoms with Crippen LogP contribution in [0.3, 0.4) is 0 Å². The van der Waals surface area contributed by atoms with Gasteiger partial charge in [0.25, 0.3) is 0 Å². The lowest BCUT2D eigenvalue weighted by molar-refractivity contribution is -0.129. The molecule has 0 spiro atoms. The monoisotopic (exact) mass is 285 g/mol. The summed E-state index contributed by atoms with van der Waals surface area (Å²) in [4.78, 5) is 18.1. The Labute approximate surface area is 122 Å². The standard InChI is InChI=1S/C15H15N3OS/c1-11-17-14(10-20-11)7-15(19)18(2)9-13-5-3-12(8-16)4-6-13/h3-6,10H,7,9H2,1-2H3. The Kier molecular flexibility index (Phi) is 4.49. The van der Waals surface area contributed by atoms with Crippen molar-refractivity contribution in [2.45, 2.75) is 19.9 Å². The second kappa shape index (κ2) is 6.31. The second-order valence-electron chi connectivity index (χ2n) is 4.59. The normalized spacial score (nSPS) is 10.1. The maximum absolute atomic E-state index is 12.1. The van der Waals surface area contributed by atoms with E-state index in [1.54, 1.807) is 35.4 Å². The Bertz CT molecular complexity index is 640. The molecule has 0 fully saturated rings. The van der Waals surface area contributed by atoms with Crippen molar-refractivity contribution in [3.8, 4) is 6.07 Å². The van der Waals surface area contributed by atoms with Crippen molar-refractivity contribution in [1.82, 2.24) is 9.88 Å². The van der Waals surface area contributed by atoms with Crippen molar-refractivity contribution in [1.29, 1.82) is 5.26 Å². The predicted octanol–water partition coefficient (Wildman–Crippen LogP) is 2.52. The number of nitriles is 1. The number of amides is 1. The van der Waals surface area contributed by atoms with Gasteiger partial charge in [-0.3, -0.25) is 4.79 Å². The van der Waals surface area contributed by atoms with Crippen LogP contribution in [0.4, 0.5) is 0 Å². The molecular formula is C15H15N3OS. The van der Waals surface area contributed by atoms with E-state index in [0.29, 0.717) is 18.5 Å². The lowest BCUT2D eigenvalue weighted by Crippen LogP contribution is -2.27. The fourth-order valence-electron chi connectivity index (χ4n) is 1.83. The van der Waals surface area contributed by atoms with Gasteiger partial charge >= 0.3 is 0 Å². The van der Waals surface area contributed by atoms with Gasteiger partial charge in [0.1, 0.15) is 0 Å². The fourth-order valence-corrected chi connectivity index (χ4v) is 2.44. The van der Waals surface area contributed by atoms with E-state index in [2.05, 4.69) is 11.1 Å². The molecule has 0 radical (unpaired) electrons. The van der Waals surface area contributed by atoms with Gasteiger partial charge in [-0.1, -0.05) is 12.1 Å². The van der Waals surface area contributed by atoms with Gasteiger partial charge in [0, 0.05) is 19.0 Å². The van der Waals surface area contributed by atoms with E-state index in [0.717, 1.165) is 16.3 Å². The molecule has 1 amide bonds. The van der Waals surface area contributed by atoms with Crippen molar-refractivity contribution in [3.63, 3.8) is 0 Å². The Morgan fingerprint density at radius 2 is 2.10 bits per heavy atom. The third-order valence-electron chi connectivity index (χ3n) is 2.93. The number of carbonyl (C=O) groups excluding carboxylic acids is 1. The van der Waals surface area contributed by atoms with Crippen molar-refractivity contribution < 1.29 is 4.79 Å². The molecule has 0 aliphatic carbocycles. The molecule has 1 aromatic carbocycles. The second-order valence-corrected chi connectivity index (χ2v) is 5.66. The predicted molar refractivity (Wildman–Crippen MR) is 78.2 cm³/mol. The number of aryl methyl sites for hydroxylation is 1. The number of aromatic nitrogens is 1. The summed E-state index contributed by atoms with van der Waals surface area (Å²) in [6, 6.07) is 9.34. The van der Waals surface area contributed by atoms with Crippen LogP contribution in [0.1, 0.15) is 21.8 Å². The number of carbonyl (C=O) groups is 1. The molecule has 5 heteroatoms. The Morgan fingerprint density at radius 3 is 2.65 bits per heavy atom. The molecule has 0 bridgehead atoms. The molecule has 0 N–H and O–H groups in total. The first-order valence-corrected chi connectivity index (χ1v) is 7.10. The number of benzene rings is 1. The summed E-state index contributed by atoms with van der Waals surface area (Å²) in [5.41, 5.74) is 2.46. The third-order valence-corrected chi connectivity index (χ3v) is 3.75. The first kappa shape index (κ1) is 14.2. The average molecular weight is 285 g/mol. The van der Waals surface area contributed by atoms with Gasteiger partial charge in [0.2, 0.25) is 5.91 Å². The van der Waals surface area contributed by atoms with Crippen molar-refractivity contribution in [2.75, 3.05) is 7.05 Å². The van der Waals surface area contributed by atoms with Crippen LogP contribution in [0.5, 0.6) is 0 Å². The summed E-state index contributed by atoms with van der Waals surface area (Å²) >= 11 is 1.55. The van der Waals surface area contributed by atoms with Gasteiger partial charge in [-0.2, -0.15) is 5.26 Å².